The molecule has 2 rings (SSSR count). The van der Waals surface area contributed by atoms with Crippen molar-refractivity contribution in [3.63, 3.8) is 0 Å². The molecule has 0 aromatic carbocycles. The van der Waals surface area contributed by atoms with Gasteiger partial charge in [0.1, 0.15) is 0 Å². The van der Waals surface area contributed by atoms with Crippen molar-refractivity contribution < 1.29 is 17.5 Å². The Morgan fingerprint density at radius 1 is 0.771 bits per heavy atom. The number of fused-ring (bicyclic) bond motifs is 1. The van der Waals surface area contributed by atoms with E-state index in [9.17, 15) is 0 Å². The Morgan fingerprint density at radius 3 is 1.69 bits per heavy atom. The van der Waals surface area contributed by atoms with Crippen LogP contribution in [0.25, 0.3) is 0 Å². The van der Waals surface area contributed by atoms with E-state index in [-0.39, 0.29) is 0 Å². The molecule has 0 aromatic rings. The van der Waals surface area contributed by atoms with Gasteiger partial charge in [0.2, 0.25) is 5.84 Å². The van der Waals surface area contributed by atoms with E-state index in [1.165, 1.54) is 154 Å². The smallest absolute Gasteiger partial charge is 0.249 e. The summed E-state index contributed by atoms with van der Waals surface area (Å²) in [6.07, 6.45) is 31.2. The van der Waals surface area contributed by atoms with Crippen LogP contribution in [0.15, 0.2) is 0 Å². The Morgan fingerprint density at radius 2 is 1.20 bits per heavy atom. The average molecular weight is 515 g/mol. The summed E-state index contributed by atoms with van der Waals surface area (Å²) in [5.74, 6) is 2.56. The third-order valence-electron chi connectivity index (χ3n) is 7.64. The monoisotopic (exact) mass is 514 g/mol. The standard InChI is InChI=1S/C28H55N2.CH4O3S/c1-3-4-5-6-7-8-9-10-11-12-13-14-15-16-17-18-22-27-23-19-20-25-30-26-21-24-29(2)28(27)30;1-5(2,3)4/h27H,3-26H2,1-2H3;1H3,(H,2,3,4)/q+1;/p-1. The van der Waals surface area contributed by atoms with Crippen LogP contribution in [0, 0.1) is 5.92 Å². The zero-order valence-corrected chi connectivity index (χ0v) is 24.4. The minimum absolute atomic E-state index is 0.604. The van der Waals surface area contributed by atoms with Crippen LogP contribution >= 0.6 is 0 Å². The van der Waals surface area contributed by atoms with Gasteiger partial charge in [0.25, 0.3) is 0 Å². The Labute approximate surface area is 218 Å². The van der Waals surface area contributed by atoms with Crippen LogP contribution in [0.2, 0.25) is 0 Å². The van der Waals surface area contributed by atoms with Crippen LogP contribution in [0.4, 0.5) is 0 Å². The molecule has 0 N–H and O–H groups in total. The molecule has 208 valence electrons. The molecule has 1 unspecified atom stereocenters. The Bertz CT molecular complexity index is 640. The highest BCUT2D eigenvalue weighted by Gasteiger charge is 2.34. The lowest BCUT2D eigenvalue weighted by atomic mass is 9.93. The maximum atomic E-state index is 9.08. The van der Waals surface area contributed by atoms with Crippen molar-refractivity contribution in [1.29, 1.82) is 0 Å². The van der Waals surface area contributed by atoms with Gasteiger partial charge in [0, 0.05) is 12.7 Å². The minimum Gasteiger partial charge on any atom is -0.748 e. The third-order valence-corrected chi connectivity index (χ3v) is 7.64. The second-order valence-corrected chi connectivity index (χ2v) is 12.5. The van der Waals surface area contributed by atoms with Crippen LogP contribution in [-0.4, -0.2) is 61.2 Å². The van der Waals surface area contributed by atoms with Crippen molar-refractivity contribution in [2.24, 2.45) is 5.92 Å². The summed E-state index contributed by atoms with van der Waals surface area (Å²) in [6, 6.07) is 0. The van der Waals surface area contributed by atoms with Gasteiger partial charge in [0.15, 0.2) is 0 Å². The molecule has 0 spiro atoms. The fraction of sp³-hybridized carbons (Fsp3) is 0.966. The molecule has 0 aromatic heterocycles. The molecule has 0 amide bonds. The molecule has 0 aliphatic carbocycles. The fourth-order valence-electron chi connectivity index (χ4n) is 5.80. The molecule has 2 aliphatic rings. The SMILES string of the molecule is CCCCCCCCCCCCCCCCCCC1CCCCN2CCC[N+](C)=C12.CS(=O)(=O)[O-]. The lowest BCUT2D eigenvalue weighted by Crippen LogP contribution is -2.46. The van der Waals surface area contributed by atoms with Crippen LogP contribution in [-0.2, 0) is 10.1 Å². The quantitative estimate of drug-likeness (QED) is 0.116. The second-order valence-electron chi connectivity index (χ2n) is 11.1. The summed E-state index contributed by atoms with van der Waals surface area (Å²) in [5.41, 5.74) is 0. The fourth-order valence-corrected chi connectivity index (χ4v) is 5.80. The molecule has 0 saturated carbocycles. The van der Waals surface area contributed by atoms with E-state index in [2.05, 4.69) is 23.4 Å². The summed E-state index contributed by atoms with van der Waals surface area (Å²) >= 11 is 0. The van der Waals surface area contributed by atoms with E-state index in [4.69, 9.17) is 13.0 Å². The maximum Gasteiger partial charge on any atom is 0.249 e. The molecule has 2 aliphatic heterocycles. The number of hydrogen-bond acceptors (Lipinski definition) is 4. The molecular formula is C29H58N2O3S. The summed E-state index contributed by atoms with van der Waals surface area (Å²) in [5, 5.41) is 0. The van der Waals surface area contributed by atoms with Gasteiger partial charge < -0.3 is 4.55 Å². The van der Waals surface area contributed by atoms with Crippen LogP contribution < -0.4 is 0 Å². The number of nitrogens with zero attached hydrogens (tertiary/aromatic N) is 2. The lowest BCUT2D eigenvalue weighted by molar-refractivity contribution is -0.511. The maximum absolute atomic E-state index is 9.08. The van der Waals surface area contributed by atoms with E-state index < -0.39 is 10.1 Å². The van der Waals surface area contributed by atoms with Gasteiger partial charge in [-0.15, -0.1) is 0 Å². The largest absolute Gasteiger partial charge is 0.748 e. The summed E-state index contributed by atoms with van der Waals surface area (Å²) < 4.78 is 29.8. The topological polar surface area (TPSA) is 63.5 Å². The molecule has 2 heterocycles. The number of amidine groups is 1. The molecule has 0 radical (unpaired) electrons. The van der Waals surface area contributed by atoms with Crippen molar-refractivity contribution in [3.05, 3.63) is 0 Å². The van der Waals surface area contributed by atoms with Gasteiger partial charge in [-0.1, -0.05) is 110 Å². The highest BCUT2D eigenvalue weighted by Crippen LogP contribution is 2.26. The first kappa shape index (κ1) is 32.4. The van der Waals surface area contributed by atoms with Crippen molar-refractivity contribution in [1.82, 2.24) is 4.90 Å². The Kier molecular flexibility index (Phi) is 18.9. The van der Waals surface area contributed by atoms with Crippen LogP contribution in [0.3, 0.4) is 0 Å². The first-order valence-corrected chi connectivity index (χ1v) is 16.9. The third kappa shape index (κ3) is 18.3. The van der Waals surface area contributed by atoms with Gasteiger partial charge in [-0.2, -0.15) is 0 Å². The van der Waals surface area contributed by atoms with E-state index in [1.54, 1.807) is 5.84 Å². The highest BCUT2D eigenvalue weighted by molar-refractivity contribution is 7.84. The van der Waals surface area contributed by atoms with E-state index >= 15 is 0 Å². The zero-order valence-electron chi connectivity index (χ0n) is 23.6. The van der Waals surface area contributed by atoms with Crippen LogP contribution in [0.5, 0.6) is 0 Å². The number of hydrogen-bond donors (Lipinski definition) is 0. The van der Waals surface area contributed by atoms with Crippen molar-refractivity contribution in [2.75, 3.05) is 32.9 Å². The molecule has 1 fully saturated rings. The van der Waals surface area contributed by atoms with Gasteiger partial charge >= 0.3 is 0 Å². The van der Waals surface area contributed by atoms with Gasteiger partial charge in [-0.25, -0.2) is 8.42 Å². The van der Waals surface area contributed by atoms with Crippen molar-refractivity contribution in [2.45, 2.75) is 142 Å². The van der Waals surface area contributed by atoms with Gasteiger partial charge in [0.05, 0.1) is 42.7 Å². The Balaban J connectivity index is 0.00000111. The molecule has 6 heteroatoms. The number of unbranched alkanes of at least 4 members (excludes halogenated alkanes) is 15. The summed E-state index contributed by atoms with van der Waals surface area (Å²) in [7, 11) is -1.58. The summed E-state index contributed by atoms with van der Waals surface area (Å²) in [4.78, 5) is 2.73. The summed E-state index contributed by atoms with van der Waals surface area (Å²) in [6.45, 7) is 6.21. The van der Waals surface area contributed by atoms with Crippen molar-refractivity contribution >= 4 is 16.0 Å². The zero-order chi connectivity index (χ0) is 25.8. The van der Waals surface area contributed by atoms with E-state index in [1.807, 2.05) is 0 Å². The molecular weight excluding hydrogens is 456 g/mol. The predicted octanol–water partition coefficient (Wildman–Crippen LogP) is 7.35. The lowest BCUT2D eigenvalue weighted by Gasteiger charge is -2.28. The molecule has 5 nitrogen and oxygen atoms in total. The molecule has 0 bridgehead atoms. The predicted molar refractivity (Wildman–Crippen MR) is 149 cm³/mol. The van der Waals surface area contributed by atoms with Gasteiger partial charge in [-0.05, 0) is 25.7 Å². The van der Waals surface area contributed by atoms with Gasteiger partial charge in [-0.3, -0.25) is 9.48 Å². The molecule has 1 saturated heterocycles. The first-order valence-electron chi connectivity index (χ1n) is 15.1. The van der Waals surface area contributed by atoms with Crippen LogP contribution in [0.1, 0.15) is 142 Å². The molecule has 1 atom stereocenters. The van der Waals surface area contributed by atoms with Crippen molar-refractivity contribution in [3.8, 4) is 0 Å². The Hall–Kier alpha value is -0.620. The second kappa shape index (κ2) is 20.4. The normalized spacial score (nSPS) is 18.6. The van der Waals surface area contributed by atoms with E-state index in [0.717, 1.165) is 5.92 Å². The van der Waals surface area contributed by atoms with E-state index in [0.29, 0.717) is 6.26 Å². The number of rotatable bonds is 17. The average Bonchev–Trinajstić information content (AvgIpc) is 3.01. The minimum atomic E-state index is -3.92. The first-order chi connectivity index (χ1) is 16.8. The molecule has 35 heavy (non-hydrogen) atoms. The highest BCUT2D eigenvalue weighted by atomic mass is 32.2.